The van der Waals surface area contributed by atoms with Gasteiger partial charge in [0, 0.05) is 5.56 Å². The van der Waals surface area contributed by atoms with E-state index >= 15 is 0 Å². The maximum absolute atomic E-state index is 14.2. The van der Waals surface area contributed by atoms with Crippen LogP contribution in [0.15, 0.2) is 85.6 Å². The Morgan fingerprint density at radius 2 is 1.65 bits per heavy atom. The van der Waals surface area contributed by atoms with Crippen LogP contribution in [0.2, 0.25) is 0 Å². The zero-order chi connectivity index (χ0) is 15.8. The number of hydrogen-bond acceptors (Lipinski definition) is 2. The molecule has 4 rings (SSSR count). The van der Waals surface area contributed by atoms with E-state index in [4.69, 9.17) is 4.42 Å². The smallest absolute Gasteiger partial charge is 0.208 e. The second-order valence-electron chi connectivity index (χ2n) is 5.18. The van der Waals surface area contributed by atoms with Crippen LogP contribution in [0.1, 0.15) is 0 Å². The van der Waals surface area contributed by atoms with Crippen molar-refractivity contribution in [3.63, 3.8) is 0 Å². The minimum Gasteiger partial charge on any atom is -0.455 e. The van der Waals surface area contributed by atoms with Gasteiger partial charge in [0.25, 0.3) is 0 Å². The highest BCUT2D eigenvalue weighted by molar-refractivity contribution is 8.22. The van der Waals surface area contributed by atoms with Crippen molar-refractivity contribution in [2.24, 2.45) is 0 Å². The standard InChI is InChI=1S/C19H13FO2S/c20-14-9-6-10-15-16(14)17(21)19(23-11-4-5-12-23)18(22-15)13-7-2-1-3-8-13/h1-12,23H. The van der Waals surface area contributed by atoms with Crippen LogP contribution in [0, 0.1) is 5.82 Å². The molecule has 0 radical (unpaired) electrons. The third-order valence-electron chi connectivity index (χ3n) is 3.74. The van der Waals surface area contributed by atoms with Gasteiger partial charge in [0.05, 0.1) is 4.90 Å². The van der Waals surface area contributed by atoms with E-state index in [0.29, 0.717) is 10.7 Å². The number of fused-ring (bicyclic) bond motifs is 1. The number of halogens is 1. The van der Waals surface area contributed by atoms with Crippen molar-refractivity contribution < 1.29 is 8.81 Å². The molecular formula is C19H13FO2S. The fourth-order valence-corrected chi connectivity index (χ4v) is 4.42. The highest BCUT2D eigenvalue weighted by Crippen LogP contribution is 2.45. The van der Waals surface area contributed by atoms with Crippen molar-refractivity contribution in [2.75, 3.05) is 0 Å². The summed E-state index contributed by atoms with van der Waals surface area (Å²) in [5.41, 5.74) is 0.812. The van der Waals surface area contributed by atoms with Crippen molar-refractivity contribution in [3.05, 3.63) is 87.5 Å². The first kappa shape index (κ1) is 14.0. The normalized spacial score (nSPS) is 14.7. The Balaban J connectivity index is 2.12. The first-order valence-electron chi connectivity index (χ1n) is 7.20. The van der Waals surface area contributed by atoms with E-state index in [1.54, 1.807) is 12.1 Å². The Morgan fingerprint density at radius 1 is 0.913 bits per heavy atom. The molecule has 0 saturated carbocycles. The SMILES string of the molecule is O=c1c([SH]2C=CC=C2)c(-c2ccccc2)oc2cccc(F)c12. The zero-order valence-corrected chi connectivity index (χ0v) is 13.0. The van der Waals surface area contributed by atoms with Gasteiger partial charge >= 0.3 is 0 Å². The Kier molecular flexibility index (Phi) is 3.39. The molecule has 114 valence electrons. The van der Waals surface area contributed by atoms with Gasteiger partial charge in [0.2, 0.25) is 5.43 Å². The first-order valence-corrected chi connectivity index (χ1v) is 8.68. The van der Waals surface area contributed by atoms with E-state index in [1.165, 1.54) is 6.07 Å². The average molecular weight is 324 g/mol. The fraction of sp³-hybridized carbons (Fsp3) is 0. The molecule has 2 aromatic carbocycles. The van der Waals surface area contributed by atoms with Gasteiger partial charge < -0.3 is 4.42 Å². The van der Waals surface area contributed by atoms with Crippen molar-refractivity contribution in [3.8, 4) is 11.3 Å². The minimum absolute atomic E-state index is 0.0263. The van der Waals surface area contributed by atoms with Gasteiger partial charge in [0.15, 0.2) is 5.76 Å². The average Bonchev–Trinajstić information content (AvgIpc) is 3.09. The Morgan fingerprint density at radius 3 is 2.39 bits per heavy atom. The number of benzene rings is 2. The molecule has 2 nitrogen and oxygen atoms in total. The van der Waals surface area contributed by atoms with Crippen molar-refractivity contribution >= 4 is 21.9 Å². The van der Waals surface area contributed by atoms with Crippen LogP contribution >= 0.6 is 10.9 Å². The lowest BCUT2D eigenvalue weighted by Gasteiger charge is -2.15. The summed E-state index contributed by atoms with van der Waals surface area (Å²) in [7, 11) is -0.925. The fourth-order valence-electron chi connectivity index (χ4n) is 2.69. The maximum Gasteiger partial charge on any atom is 0.208 e. The lowest BCUT2D eigenvalue weighted by atomic mass is 10.1. The molecule has 3 aromatic rings. The van der Waals surface area contributed by atoms with E-state index in [1.807, 2.05) is 53.3 Å². The van der Waals surface area contributed by atoms with E-state index < -0.39 is 16.7 Å². The van der Waals surface area contributed by atoms with Crippen LogP contribution in [0.4, 0.5) is 4.39 Å². The maximum atomic E-state index is 14.2. The first-order chi connectivity index (χ1) is 11.3. The molecular weight excluding hydrogens is 311 g/mol. The lowest BCUT2D eigenvalue weighted by Crippen LogP contribution is -2.09. The third kappa shape index (κ3) is 2.32. The van der Waals surface area contributed by atoms with Gasteiger partial charge in [0.1, 0.15) is 16.8 Å². The van der Waals surface area contributed by atoms with Gasteiger partial charge in [-0.15, -0.1) is 0 Å². The Bertz CT molecular complexity index is 991. The van der Waals surface area contributed by atoms with Crippen LogP contribution in [-0.2, 0) is 0 Å². The summed E-state index contributed by atoms with van der Waals surface area (Å²) in [5, 5.41) is 3.97. The number of allylic oxidation sites excluding steroid dienone is 2. The van der Waals surface area contributed by atoms with Crippen LogP contribution in [0.5, 0.6) is 0 Å². The zero-order valence-electron chi connectivity index (χ0n) is 12.1. The van der Waals surface area contributed by atoms with E-state index in [2.05, 4.69) is 0 Å². The van der Waals surface area contributed by atoms with Gasteiger partial charge in [-0.3, -0.25) is 4.79 Å². The molecule has 0 bridgehead atoms. The second kappa shape index (κ2) is 5.56. The van der Waals surface area contributed by atoms with Gasteiger partial charge in [-0.05, 0) is 22.9 Å². The summed E-state index contributed by atoms with van der Waals surface area (Å²) >= 11 is 0. The third-order valence-corrected chi connectivity index (χ3v) is 5.65. The molecule has 0 amide bonds. The summed E-state index contributed by atoms with van der Waals surface area (Å²) in [5.74, 6) is -0.0183. The number of hydrogen-bond donors (Lipinski definition) is 1. The number of rotatable bonds is 2. The molecule has 0 saturated heterocycles. The van der Waals surface area contributed by atoms with Crippen LogP contribution in [-0.4, -0.2) is 0 Å². The van der Waals surface area contributed by atoms with Gasteiger partial charge in [-0.1, -0.05) is 48.6 Å². The van der Waals surface area contributed by atoms with E-state index in [9.17, 15) is 9.18 Å². The molecule has 2 heterocycles. The van der Waals surface area contributed by atoms with Crippen molar-refractivity contribution in [1.82, 2.24) is 0 Å². The lowest BCUT2D eigenvalue weighted by molar-refractivity contribution is 0.593. The molecule has 0 fully saturated rings. The summed E-state index contributed by atoms with van der Waals surface area (Å²) in [4.78, 5) is 13.5. The predicted molar refractivity (Wildman–Crippen MR) is 93.4 cm³/mol. The monoisotopic (exact) mass is 324 g/mol. The quantitative estimate of drug-likeness (QED) is 0.672. The van der Waals surface area contributed by atoms with E-state index in [-0.39, 0.29) is 16.4 Å². The summed E-state index contributed by atoms with van der Waals surface area (Å²) < 4.78 is 20.1. The minimum atomic E-state index is -0.925. The molecule has 1 aromatic heterocycles. The molecule has 1 aliphatic rings. The van der Waals surface area contributed by atoms with Crippen molar-refractivity contribution in [1.29, 1.82) is 0 Å². The van der Waals surface area contributed by atoms with Gasteiger partial charge in [-0.2, -0.15) is 10.9 Å². The second-order valence-corrected chi connectivity index (χ2v) is 7.04. The van der Waals surface area contributed by atoms with Crippen LogP contribution in [0.3, 0.4) is 0 Å². The van der Waals surface area contributed by atoms with Gasteiger partial charge in [-0.25, -0.2) is 4.39 Å². The topological polar surface area (TPSA) is 30.2 Å². The highest BCUT2D eigenvalue weighted by atomic mass is 32.2. The molecule has 0 unspecified atom stereocenters. The predicted octanol–water partition coefficient (Wildman–Crippen LogP) is 5.00. The molecule has 0 aliphatic carbocycles. The van der Waals surface area contributed by atoms with Crippen LogP contribution < -0.4 is 5.43 Å². The largest absolute Gasteiger partial charge is 0.455 e. The molecule has 4 heteroatoms. The highest BCUT2D eigenvalue weighted by Gasteiger charge is 2.21. The van der Waals surface area contributed by atoms with E-state index in [0.717, 1.165) is 5.56 Å². The molecule has 0 atom stereocenters. The summed E-state index contributed by atoms with van der Waals surface area (Å²) in [6.07, 6.45) is 3.82. The molecule has 1 aliphatic heterocycles. The summed E-state index contributed by atoms with van der Waals surface area (Å²) in [6.45, 7) is 0. The Hall–Kier alpha value is -2.59. The van der Waals surface area contributed by atoms with Crippen LogP contribution in [0.25, 0.3) is 22.3 Å². The number of thiol groups is 1. The molecule has 0 N–H and O–H groups in total. The molecule has 23 heavy (non-hydrogen) atoms. The Labute approximate surface area is 134 Å². The summed E-state index contributed by atoms with van der Waals surface area (Å²) in [6, 6.07) is 13.9. The molecule has 0 spiro atoms. The van der Waals surface area contributed by atoms with Crippen molar-refractivity contribution in [2.45, 2.75) is 4.90 Å².